The molecule has 0 bridgehead atoms. The fraction of sp³-hybridized carbons (Fsp3) is 0.667. The van der Waals surface area contributed by atoms with E-state index in [2.05, 4.69) is 70.1 Å². The lowest BCUT2D eigenvalue weighted by molar-refractivity contribution is 0.190. The van der Waals surface area contributed by atoms with Gasteiger partial charge in [-0.25, -0.2) is 0 Å². The molecular weight excluding hydrogens is 316 g/mol. The number of aromatic nitrogens is 4. The molecule has 7 nitrogen and oxygen atoms in total. The van der Waals surface area contributed by atoms with Crippen molar-refractivity contribution in [3.05, 3.63) is 29.5 Å². The van der Waals surface area contributed by atoms with E-state index in [0.29, 0.717) is 12.0 Å². The average molecular weight is 342 g/mol. The molecule has 0 unspecified atom stereocenters. The van der Waals surface area contributed by atoms with Crippen LogP contribution in [-0.4, -0.2) is 51.4 Å². The summed E-state index contributed by atoms with van der Waals surface area (Å²) in [6.45, 7) is 9.08. The van der Waals surface area contributed by atoms with Crippen LogP contribution >= 0.6 is 0 Å². The quantitative estimate of drug-likeness (QED) is 0.826. The molecule has 0 spiro atoms. The maximum atomic E-state index is 5.33. The number of hydrogen-bond acceptors (Lipinski definition) is 7. The van der Waals surface area contributed by atoms with Crippen molar-refractivity contribution in [2.45, 2.75) is 57.5 Å². The van der Waals surface area contributed by atoms with Crippen LogP contribution in [0.2, 0.25) is 0 Å². The Hall–Kier alpha value is -2.02. The topological polar surface area (TPSA) is 71.2 Å². The van der Waals surface area contributed by atoms with Gasteiger partial charge in [0.25, 0.3) is 0 Å². The van der Waals surface area contributed by atoms with E-state index in [1.54, 1.807) is 0 Å². The van der Waals surface area contributed by atoms with E-state index in [9.17, 15) is 0 Å². The zero-order valence-corrected chi connectivity index (χ0v) is 15.4. The Bertz CT molecular complexity index is 725. The first-order valence-corrected chi connectivity index (χ1v) is 9.02. The Labute approximate surface area is 148 Å². The van der Waals surface area contributed by atoms with Gasteiger partial charge in [0.05, 0.1) is 12.2 Å². The van der Waals surface area contributed by atoms with Gasteiger partial charge in [-0.15, -0.1) is 5.10 Å². The Kier molecular flexibility index (Phi) is 3.98. The summed E-state index contributed by atoms with van der Waals surface area (Å²) in [5.74, 6) is 3.07. The van der Waals surface area contributed by atoms with Gasteiger partial charge in [0, 0.05) is 30.5 Å². The van der Waals surface area contributed by atoms with Gasteiger partial charge in [-0.05, 0) is 32.0 Å². The highest BCUT2D eigenvalue weighted by atomic mass is 16.5. The van der Waals surface area contributed by atoms with Crippen molar-refractivity contribution in [1.29, 1.82) is 0 Å². The number of anilines is 1. The molecule has 25 heavy (non-hydrogen) atoms. The highest BCUT2D eigenvalue weighted by Crippen LogP contribution is 2.38. The van der Waals surface area contributed by atoms with E-state index in [4.69, 9.17) is 4.52 Å². The summed E-state index contributed by atoms with van der Waals surface area (Å²) in [5.41, 5.74) is 1.06. The molecule has 0 radical (unpaired) electrons. The van der Waals surface area contributed by atoms with Gasteiger partial charge in [-0.3, -0.25) is 4.90 Å². The lowest BCUT2D eigenvalue weighted by atomic mass is 9.92. The second kappa shape index (κ2) is 6.05. The fourth-order valence-corrected chi connectivity index (χ4v) is 3.00. The van der Waals surface area contributed by atoms with Crippen LogP contribution in [0.15, 0.2) is 16.7 Å². The minimum absolute atomic E-state index is 0.0349. The van der Waals surface area contributed by atoms with Gasteiger partial charge < -0.3 is 9.42 Å². The van der Waals surface area contributed by atoms with Crippen LogP contribution in [-0.2, 0) is 12.0 Å². The molecule has 0 N–H and O–H groups in total. The summed E-state index contributed by atoms with van der Waals surface area (Å²) in [5, 5.41) is 12.9. The number of nitrogens with zero attached hydrogens (tertiary/aromatic N) is 6. The molecule has 2 fully saturated rings. The second-order valence-corrected chi connectivity index (χ2v) is 8.32. The van der Waals surface area contributed by atoms with Crippen LogP contribution in [0.5, 0.6) is 0 Å². The Morgan fingerprint density at radius 1 is 1.20 bits per heavy atom. The summed E-state index contributed by atoms with van der Waals surface area (Å²) < 4.78 is 5.33. The predicted octanol–water partition coefficient (Wildman–Crippen LogP) is 2.36. The van der Waals surface area contributed by atoms with Gasteiger partial charge >= 0.3 is 0 Å². The van der Waals surface area contributed by atoms with Crippen molar-refractivity contribution >= 4 is 5.82 Å². The largest absolute Gasteiger partial charge is 0.352 e. The molecule has 0 amide bonds. The molecule has 1 saturated heterocycles. The van der Waals surface area contributed by atoms with E-state index >= 15 is 0 Å². The van der Waals surface area contributed by atoms with E-state index in [-0.39, 0.29) is 5.41 Å². The molecule has 2 aromatic rings. The molecule has 1 saturated carbocycles. The van der Waals surface area contributed by atoms with E-state index < -0.39 is 0 Å². The van der Waals surface area contributed by atoms with Crippen molar-refractivity contribution in [3.63, 3.8) is 0 Å². The van der Waals surface area contributed by atoms with Gasteiger partial charge in [0.15, 0.2) is 11.6 Å². The minimum atomic E-state index is 0.0349. The van der Waals surface area contributed by atoms with E-state index in [1.165, 1.54) is 12.8 Å². The third kappa shape index (κ3) is 3.51. The highest BCUT2D eigenvalue weighted by molar-refractivity contribution is 5.42. The number of likely N-dealkylation sites (N-methyl/N-ethyl adjacent to an activating group) is 1. The Balaban J connectivity index is 1.30. The molecular formula is C18H26N6O. The van der Waals surface area contributed by atoms with E-state index in [1.807, 2.05) is 0 Å². The standard InChI is InChI=1S/C18H26N6O/c1-18(2,3)14-7-8-16(21-20-14)24-9-13(10-24)23(4)11-15-19-17(25-22-15)12-5-6-12/h7-8,12-13H,5-6,9-11H2,1-4H3. The van der Waals surface area contributed by atoms with Crippen LogP contribution in [0.3, 0.4) is 0 Å². The summed E-state index contributed by atoms with van der Waals surface area (Å²) >= 11 is 0. The third-order valence-corrected chi connectivity index (χ3v) is 5.03. The highest BCUT2D eigenvalue weighted by Gasteiger charge is 2.33. The third-order valence-electron chi connectivity index (χ3n) is 5.03. The van der Waals surface area contributed by atoms with Crippen LogP contribution in [0.25, 0.3) is 0 Å². The zero-order valence-electron chi connectivity index (χ0n) is 15.4. The molecule has 1 aliphatic heterocycles. The first-order valence-electron chi connectivity index (χ1n) is 9.02. The van der Waals surface area contributed by atoms with Gasteiger partial charge in [0.2, 0.25) is 5.89 Å². The van der Waals surface area contributed by atoms with Crippen LogP contribution in [0.4, 0.5) is 5.82 Å². The average Bonchev–Trinajstić information content (AvgIpc) is 3.26. The summed E-state index contributed by atoms with van der Waals surface area (Å²) in [7, 11) is 2.11. The zero-order chi connectivity index (χ0) is 17.6. The van der Waals surface area contributed by atoms with Crippen molar-refractivity contribution < 1.29 is 4.52 Å². The van der Waals surface area contributed by atoms with E-state index in [0.717, 1.165) is 42.9 Å². The molecule has 4 rings (SSSR count). The van der Waals surface area contributed by atoms with Crippen molar-refractivity contribution in [3.8, 4) is 0 Å². The molecule has 1 aliphatic carbocycles. The molecule has 3 heterocycles. The van der Waals surface area contributed by atoms with Gasteiger partial charge in [-0.1, -0.05) is 25.9 Å². The fourth-order valence-electron chi connectivity index (χ4n) is 3.00. The predicted molar refractivity (Wildman–Crippen MR) is 94.5 cm³/mol. The van der Waals surface area contributed by atoms with Gasteiger partial charge in [0.1, 0.15) is 0 Å². The molecule has 0 atom stereocenters. The number of hydrogen-bond donors (Lipinski definition) is 0. The van der Waals surface area contributed by atoms with Crippen LogP contribution in [0, 0.1) is 0 Å². The summed E-state index contributed by atoms with van der Waals surface area (Å²) in [6.07, 6.45) is 2.37. The van der Waals surface area contributed by atoms with Crippen LogP contribution < -0.4 is 4.90 Å². The maximum absolute atomic E-state index is 5.33. The SMILES string of the molecule is CN(Cc1noc(C2CC2)n1)C1CN(c2ccc(C(C)(C)C)nn2)C1. The molecule has 7 heteroatoms. The molecule has 2 aliphatic rings. The van der Waals surface area contributed by atoms with Crippen molar-refractivity contribution in [2.75, 3.05) is 25.0 Å². The molecule has 2 aromatic heterocycles. The first-order chi connectivity index (χ1) is 11.9. The van der Waals surface area contributed by atoms with Gasteiger partial charge in [-0.2, -0.15) is 10.1 Å². The smallest absolute Gasteiger partial charge is 0.229 e. The molecule has 134 valence electrons. The maximum Gasteiger partial charge on any atom is 0.229 e. The monoisotopic (exact) mass is 342 g/mol. The van der Waals surface area contributed by atoms with Crippen LogP contribution in [0.1, 0.15) is 56.9 Å². The van der Waals surface area contributed by atoms with Crippen molar-refractivity contribution in [1.82, 2.24) is 25.2 Å². The minimum Gasteiger partial charge on any atom is -0.352 e. The normalized spacial score (nSPS) is 18.7. The Morgan fingerprint density at radius 3 is 2.56 bits per heavy atom. The molecule has 0 aromatic carbocycles. The van der Waals surface area contributed by atoms with Crippen molar-refractivity contribution in [2.24, 2.45) is 0 Å². The first kappa shape index (κ1) is 16.4. The Morgan fingerprint density at radius 2 is 1.96 bits per heavy atom. The summed E-state index contributed by atoms with van der Waals surface area (Å²) in [4.78, 5) is 9.05. The lowest BCUT2D eigenvalue weighted by Crippen LogP contribution is -2.58. The number of rotatable bonds is 5. The second-order valence-electron chi connectivity index (χ2n) is 8.32. The lowest BCUT2D eigenvalue weighted by Gasteiger charge is -2.44. The summed E-state index contributed by atoms with van der Waals surface area (Å²) in [6, 6.07) is 4.63.